The van der Waals surface area contributed by atoms with E-state index in [1.165, 1.54) is 12.3 Å². The van der Waals surface area contributed by atoms with E-state index in [0.717, 1.165) is 12.1 Å². The molecule has 1 amide bonds. The van der Waals surface area contributed by atoms with Gasteiger partial charge in [0.25, 0.3) is 0 Å². The van der Waals surface area contributed by atoms with Crippen molar-refractivity contribution >= 4 is 23.2 Å². The van der Waals surface area contributed by atoms with Gasteiger partial charge in [-0.25, -0.2) is 4.39 Å². The average molecular weight is 308 g/mol. The molecule has 110 valence electrons. The number of nitrogens with zero attached hydrogens (tertiary/aromatic N) is 1. The quantitative estimate of drug-likeness (QED) is 0.888. The minimum atomic E-state index is -0.586. The number of nitrogens with one attached hydrogen (secondary N) is 1. The zero-order valence-corrected chi connectivity index (χ0v) is 12.2. The van der Waals surface area contributed by atoms with E-state index >= 15 is 0 Å². The molecule has 1 atom stereocenters. The van der Waals surface area contributed by atoms with E-state index in [-0.39, 0.29) is 17.4 Å². The van der Waals surface area contributed by atoms with Crippen molar-refractivity contribution in [1.82, 2.24) is 4.98 Å². The molecule has 6 heteroatoms. The lowest BCUT2D eigenvalue weighted by molar-refractivity contribution is 0.100. The van der Waals surface area contributed by atoms with Crippen molar-refractivity contribution in [2.45, 2.75) is 19.4 Å². The van der Waals surface area contributed by atoms with Gasteiger partial charge in [-0.2, -0.15) is 0 Å². The van der Waals surface area contributed by atoms with Gasteiger partial charge in [-0.1, -0.05) is 18.5 Å². The second-order valence-electron chi connectivity index (χ2n) is 4.57. The predicted molar refractivity (Wildman–Crippen MR) is 80.8 cm³/mol. The van der Waals surface area contributed by atoms with Crippen LogP contribution < -0.4 is 11.1 Å². The van der Waals surface area contributed by atoms with Gasteiger partial charge in [-0.05, 0) is 36.8 Å². The topological polar surface area (TPSA) is 68.0 Å². The maximum atomic E-state index is 12.9. The molecule has 4 nitrogen and oxygen atoms in total. The first-order valence-corrected chi connectivity index (χ1v) is 6.86. The van der Waals surface area contributed by atoms with Gasteiger partial charge in [0.1, 0.15) is 5.82 Å². The summed E-state index contributed by atoms with van der Waals surface area (Å²) in [6.07, 6.45) is 1.92. The zero-order chi connectivity index (χ0) is 15.4. The number of carbonyl (C=O) groups is 1. The molecule has 0 aliphatic carbocycles. The number of amides is 1. The number of benzene rings is 1. The summed E-state index contributed by atoms with van der Waals surface area (Å²) in [5.74, 6) is -0.965. The molecular formula is C15H15ClFN3O. The van der Waals surface area contributed by atoms with Crippen LogP contribution in [0.25, 0.3) is 0 Å². The van der Waals surface area contributed by atoms with Crippen molar-refractivity contribution in [3.8, 4) is 0 Å². The van der Waals surface area contributed by atoms with E-state index in [2.05, 4.69) is 10.3 Å². The van der Waals surface area contributed by atoms with Crippen LogP contribution in [-0.2, 0) is 0 Å². The van der Waals surface area contributed by atoms with Crippen LogP contribution in [-0.4, -0.2) is 10.9 Å². The van der Waals surface area contributed by atoms with E-state index < -0.39 is 5.91 Å². The molecule has 1 aromatic carbocycles. The van der Waals surface area contributed by atoms with Gasteiger partial charge in [-0.15, -0.1) is 0 Å². The second-order valence-corrected chi connectivity index (χ2v) is 4.97. The monoisotopic (exact) mass is 307 g/mol. The van der Waals surface area contributed by atoms with E-state index in [4.69, 9.17) is 17.3 Å². The van der Waals surface area contributed by atoms with Crippen LogP contribution in [0.4, 0.5) is 10.1 Å². The minimum Gasteiger partial charge on any atom is -0.377 e. The fourth-order valence-electron chi connectivity index (χ4n) is 1.98. The predicted octanol–water partition coefficient (Wildman–Crippen LogP) is 3.54. The fraction of sp³-hybridized carbons (Fsp3) is 0.200. The van der Waals surface area contributed by atoms with Crippen molar-refractivity contribution in [3.63, 3.8) is 0 Å². The highest BCUT2D eigenvalue weighted by Crippen LogP contribution is 2.25. The van der Waals surface area contributed by atoms with Gasteiger partial charge >= 0.3 is 0 Å². The van der Waals surface area contributed by atoms with Crippen molar-refractivity contribution in [2.75, 3.05) is 5.32 Å². The van der Waals surface area contributed by atoms with E-state index in [0.29, 0.717) is 10.7 Å². The molecule has 1 heterocycles. The van der Waals surface area contributed by atoms with Crippen LogP contribution >= 0.6 is 11.6 Å². The Morgan fingerprint density at radius 1 is 1.43 bits per heavy atom. The van der Waals surface area contributed by atoms with Gasteiger partial charge in [0.05, 0.1) is 28.5 Å². The first kappa shape index (κ1) is 15.3. The molecule has 0 fully saturated rings. The van der Waals surface area contributed by atoms with Crippen LogP contribution in [0.3, 0.4) is 0 Å². The molecule has 21 heavy (non-hydrogen) atoms. The van der Waals surface area contributed by atoms with Crippen molar-refractivity contribution in [2.24, 2.45) is 5.73 Å². The molecule has 1 aromatic heterocycles. The number of hydrogen-bond acceptors (Lipinski definition) is 3. The molecule has 3 N–H and O–H groups in total. The number of primary amides is 1. The van der Waals surface area contributed by atoms with Crippen molar-refractivity contribution < 1.29 is 9.18 Å². The Balaban J connectivity index is 2.24. The van der Waals surface area contributed by atoms with E-state index in [1.807, 2.05) is 6.92 Å². The number of aromatic nitrogens is 1. The molecule has 1 unspecified atom stereocenters. The standard InChI is InChI=1S/C15H15ClFN3O/c1-2-13(14-6-3-9(17)8-19-14)20-10-4-5-12(16)11(7-10)15(18)21/h3-8,13,20H,2H2,1H3,(H2,18,21). The minimum absolute atomic E-state index is 0.104. The number of nitrogens with two attached hydrogens (primary N) is 1. The number of anilines is 1. The first-order chi connectivity index (χ1) is 10.0. The van der Waals surface area contributed by atoms with Gasteiger partial charge in [0.2, 0.25) is 5.91 Å². The van der Waals surface area contributed by atoms with Gasteiger partial charge in [0, 0.05) is 5.69 Å². The van der Waals surface area contributed by atoms with Crippen LogP contribution in [0.15, 0.2) is 36.5 Å². The van der Waals surface area contributed by atoms with Crippen molar-refractivity contribution in [1.29, 1.82) is 0 Å². The smallest absolute Gasteiger partial charge is 0.250 e. The number of pyridine rings is 1. The molecule has 0 spiro atoms. The number of rotatable bonds is 5. The average Bonchev–Trinajstić information content (AvgIpc) is 2.47. The summed E-state index contributed by atoms with van der Waals surface area (Å²) in [7, 11) is 0. The molecule has 0 aliphatic rings. The van der Waals surface area contributed by atoms with E-state index in [1.54, 1.807) is 24.3 Å². The summed E-state index contributed by atoms with van der Waals surface area (Å²) in [6.45, 7) is 1.98. The molecule has 0 radical (unpaired) electrons. The highest BCUT2D eigenvalue weighted by molar-refractivity contribution is 6.33. The Morgan fingerprint density at radius 3 is 2.76 bits per heavy atom. The third-order valence-electron chi connectivity index (χ3n) is 3.09. The molecule has 0 aliphatic heterocycles. The summed E-state index contributed by atoms with van der Waals surface area (Å²) in [4.78, 5) is 15.4. The lowest BCUT2D eigenvalue weighted by Crippen LogP contribution is -2.14. The normalized spacial score (nSPS) is 12.0. The molecule has 0 saturated heterocycles. The molecular weight excluding hydrogens is 293 g/mol. The summed E-state index contributed by atoms with van der Waals surface area (Å²) < 4.78 is 12.9. The van der Waals surface area contributed by atoms with Crippen LogP contribution in [0, 0.1) is 5.82 Å². The zero-order valence-electron chi connectivity index (χ0n) is 11.4. The van der Waals surface area contributed by atoms with Gasteiger partial charge in [0.15, 0.2) is 0 Å². The molecule has 0 bridgehead atoms. The Morgan fingerprint density at radius 2 is 2.19 bits per heavy atom. The molecule has 2 rings (SSSR count). The van der Waals surface area contributed by atoms with Gasteiger partial charge in [-0.3, -0.25) is 9.78 Å². The number of halogens is 2. The fourth-order valence-corrected chi connectivity index (χ4v) is 2.19. The maximum absolute atomic E-state index is 12.9. The maximum Gasteiger partial charge on any atom is 0.250 e. The summed E-state index contributed by atoms with van der Waals surface area (Å²) >= 11 is 5.91. The van der Waals surface area contributed by atoms with Gasteiger partial charge < -0.3 is 11.1 Å². The second kappa shape index (κ2) is 6.54. The lowest BCUT2D eigenvalue weighted by Gasteiger charge is -2.18. The summed E-state index contributed by atoms with van der Waals surface area (Å²) in [6, 6.07) is 7.84. The number of hydrogen-bond donors (Lipinski definition) is 2. The lowest BCUT2D eigenvalue weighted by atomic mass is 10.1. The first-order valence-electron chi connectivity index (χ1n) is 6.48. The summed E-state index contributed by atoms with van der Waals surface area (Å²) in [5.41, 5.74) is 6.94. The third kappa shape index (κ3) is 3.70. The highest BCUT2D eigenvalue weighted by Gasteiger charge is 2.13. The Hall–Kier alpha value is -2.14. The Labute approximate surface area is 127 Å². The van der Waals surface area contributed by atoms with Crippen LogP contribution in [0.1, 0.15) is 35.4 Å². The summed E-state index contributed by atoms with van der Waals surface area (Å²) in [5, 5.41) is 3.54. The Bertz CT molecular complexity index is 646. The highest BCUT2D eigenvalue weighted by atomic mass is 35.5. The molecule has 2 aromatic rings. The SMILES string of the molecule is CCC(Nc1ccc(Cl)c(C(N)=O)c1)c1ccc(F)cn1. The van der Waals surface area contributed by atoms with Crippen LogP contribution in [0.5, 0.6) is 0 Å². The molecule has 0 saturated carbocycles. The third-order valence-corrected chi connectivity index (χ3v) is 3.42. The van der Waals surface area contributed by atoms with Crippen LogP contribution in [0.2, 0.25) is 5.02 Å². The largest absolute Gasteiger partial charge is 0.377 e. The Kier molecular flexibility index (Phi) is 4.75. The van der Waals surface area contributed by atoms with Crippen molar-refractivity contribution in [3.05, 3.63) is 58.6 Å². The number of carbonyl (C=O) groups excluding carboxylic acids is 1. The van der Waals surface area contributed by atoms with E-state index in [9.17, 15) is 9.18 Å².